The first kappa shape index (κ1) is 12.7. The summed E-state index contributed by atoms with van der Waals surface area (Å²) in [7, 11) is 0. The number of hydrogen-bond acceptors (Lipinski definition) is 7. The van der Waals surface area contributed by atoms with Crippen LogP contribution in [0, 0.1) is 0 Å². The molecule has 7 heteroatoms. The maximum absolute atomic E-state index is 10.7. The van der Waals surface area contributed by atoms with E-state index >= 15 is 0 Å². The van der Waals surface area contributed by atoms with Gasteiger partial charge in [0, 0.05) is 6.92 Å². The highest BCUT2D eigenvalue weighted by Crippen LogP contribution is 2.25. The monoisotopic (exact) mass is 238 g/mol. The lowest BCUT2D eigenvalue weighted by atomic mass is 10.0. The lowest BCUT2D eigenvalue weighted by Crippen LogP contribution is -2.58. The molecule has 3 N–H and O–H groups in total. The average Bonchev–Trinajstić information content (AvgIpc) is 2.18. The molecule has 0 unspecified atom stereocenters. The number of hydrogen-bond donors (Lipinski definition) is 4. The summed E-state index contributed by atoms with van der Waals surface area (Å²) in [6.45, 7) is 0.736. The topological polar surface area (TPSA) is 96.2 Å². The van der Waals surface area contributed by atoms with Crippen molar-refractivity contribution in [2.75, 3.05) is 6.61 Å². The van der Waals surface area contributed by atoms with E-state index in [0.29, 0.717) is 0 Å². The molecule has 1 aliphatic heterocycles. The Morgan fingerprint density at radius 2 is 2.07 bits per heavy atom. The molecule has 0 amide bonds. The van der Waals surface area contributed by atoms with Gasteiger partial charge in [-0.1, -0.05) is 0 Å². The summed E-state index contributed by atoms with van der Waals surface area (Å²) < 4.78 is 9.81. The fourth-order valence-electron chi connectivity index (χ4n) is 1.39. The maximum Gasteiger partial charge on any atom is 0.303 e. The van der Waals surface area contributed by atoms with Crippen LogP contribution in [0.5, 0.6) is 0 Å². The van der Waals surface area contributed by atoms with E-state index in [-0.39, 0.29) is 0 Å². The van der Waals surface area contributed by atoms with E-state index in [1.807, 2.05) is 0 Å². The van der Waals surface area contributed by atoms with Crippen LogP contribution in [0.3, 0.4) is 0 Å². The Balaban J connectivity index is 2.70. The second-order valence-electron chi connectivity index (χ2n) is 3.30. The predicted molar refractivity (Wildman–Crippen MR) is 52.3 cm³/mol. The van der Waals surface area contributed by atoms with Crippen molar-refractivity contribution in [3.8, 4) is 0 Å². The van der Waals surface area contributed by atoms with Crippen LogP contribution in [0.1, 0.15) is 6.92 Å². The molecular weight excluding hydrogens is 224 g/mol. The molecule has 5 atom stereocenters. The Kier molecular flexibility index (Phi) is 4.35. The van der Waals surface area contributed by atoms with E-state index in [9.17, 15) is 15.0 Å². The summed E-state index contributed by atoms with van der Waals surface area (Å²) in [5.74, 6) is -0.601. The van der Waals surface area contributed by atoms with E-state index in [2.05, 4.69) is 12.6 Å². The van der Waals surface area contributed by atoms with Gasteiger partial charge in [-0.3, -0.25) is 4.79 Å². The summed E-state index contributed by atoms with van der Waals surface area (Å²) in [6.07, 6.45) is -4.58. The second-order valence-corrected chi connectivity index (χ2v) is 3.81. The van der Waals surface area contributed by atoms with Crippen LogP contribution in [0.25, 0.3) is 0 Å². The van der Waals surface area contributed by atoms with Gasteiger partial charge in [0.1, 0.15) is 23.7 Å². The third-order valence-corrected chi connectivity index (χ3v) is 2.56. The molecule has 0 aromatic heterocycles. The molecule has 0 radical (unpaired) electrons. The van der Waals surface area contributed by atoms with Gasteiger partial charge in [0.15, 0.2) is 6.10 Å². The Morgan fingerprint density at radius 3 is 2.53 bits per heavy atom. The Bertz CT molecular complexity index is 235. The molecule has 0 aromatic rings. The molecule has 88 valence electrons. The normalized spacial score (nSPS) is 41.3. The number of carbonyl (C=O) groups excluding carboxylic acids is 1. The number of rotatable bonds is 2. The summed E-state index contributed by atoms with van der Waals surface area (Å²) >= 11 is 3.96. The van der Waals surface area contributed by atoms with Crippen molar-refractivity contribution in [3.63, 3.8) is 0 Å². The molecule has 1 heterocycles. The molecule has 1 aliphatic rings. The van der Waals surface area contributed by atoms with Gasteiger partial charge >= 0.3 is 5.97 Å². The molecule has 1 rings (SSSR count). The third-order valence-electron chi connectivity index (χ3n) is 2.14. The van der Waals surface area contributed by atoms with Crippen LogP contribution in [-0.4, -0.2) is 57.7 Å². The van der Waals surface area contributed by atoms with E-state index in [1.54, 1.807) is 0 Å². The summed E-state index contributed by atoms with van der Waals surface area (Å²) in [5, 5.41) is 27.9. The van der Waals surface area contributed by atoms with Crippen molar-refractivity contribution in [1.82, 2.24) is 0 Å². The number of aliphatic hydroxyl groups excluding tert-OH is 3. The molecule has 1 fully saturated rings. The van der Waals surface area contributed by atoms with Gasteiger partial charge in [-0.15, -0.1) is 12.6 Å². The Morgan fingerprint density at radius 1 is 1.47 bits per heavy atom. The lowest BCUT2D eigenvalue weighted by Gasteiger charge is -2.39. The lowest BCUT2D eigenvalue weighted by molar-refractivity contribution is -0.217. The molecule has 15 heavy (non-hydrogen) atoms. The second kappa shape index (κ2) is 5.13. The highest BCUT2D eigenvalue weighted by Gasteiger charge is 2.44. The number of aliphatic hydroxyl groups is 3. The molecule has 1 saturated heterocycles. The summed E-state index contributed by atoms with van der Waals surface area (Å²) in [5.41, 5.74) is -0.871. The molecule has 0 aliphatic carbocycles. The number of carbonyl (C=O) groups is 1. The van der Waals surface area contributed by atoms with Crippen molar-refractivity contribution < 1.29 is 29.6 Å². The SMILES string of the molecule is CC(=O)O[C@H]1[C@H](O)[C@H](O)[C@H](CO)O[C@@H]1S. The highest BCUT2D eigenvalue weighted by molar-refractivity contribution is 7.80. The van der Waals surface area contributed by atoms with E-state index < -0.39 is 42.4 Å². The molecule has 0 bridgehead atoms. The summed E-state index contributed by atoms with van der Waals surface area (Å²) in [6, 6.07) is 0. The van der Waals surface area contributed by atoms with Crippen LogP contribution in [0.15, 0.2) is 0 Å². The summed E-state index contributed by atoms with van der Waals surface area (Å²) in [4.78, 5) is 10.7. The average molecular weight is 238 g/mol. The number of esters is 1. The first-order valence-electron chi connectivity index (χ1n) is 4.45. The maximum atomic E-state index is 10.7. The zero-order valence-electron chi connectivity index (χ0n) is 8.11. The van der Waals surface area contributed by atoms with Gasteiger partial charge in [0.25, 0.3) is 0 Å². The van der Waals surface area contributed by atoms with Crippen molar-refractivity contribution in [2.24, 2.45) is 0 Å². The first-order valence-corrected chi connectivity index (χ1v) is 4.96. The number of thiol groups is 1. The smallest absolute Gasteiger partial charge is 0.303 e. The standard InChI is InChI=1S/C8H14O6S/c1-3(10)13-7-6(12)5(11)4(2-9)14-8(7)15/h4-9,11-12,15H,2H2,1H3/t4-,5+,6+,7-,8+/m0/s1. The van der Waals surface area contributed by atoms with Crippen molar-refractivity contribution >= 4 is 18.6 Å². The largest absolute Gasteiger partial charge is 0.456 e. The van der Waals surface area contributed by atoms with E-state index in [1.165, 1.54) is 6.92 Å². The minimum atomic E-state index is -1.32. The molecule has 0 spiro atoms. The fourth-order valence-corrected chi connectivity index (χ4v) is 1.78. The zero-order valence-corrected chi connectivity index (χ0v) is 9.00. The van der Waals surface area contributed by atoms with E-state index in [4.69, 9.17) is 14.6 Å². The quantitative estimate of drug-likeness (QED) is 0.338. The number of ether oxygens (including phenoxy) is 2. The first-order chi connectivity index (χ1) is 6.97. The van der Waals surface area contributed by atoms with Crippen molar-refractivity contribution in [1.29, 1.82) is 0 Å². The predicted octanol–water partition coefficient (Wildman–Crippen LogP) is -1.71. The van der Waals surface area contributed by atoms with Gasteiger partial charge < -0.3 is 24.8 Å². The van der Waals surface area contributed by atoms with Crippen LogP contribution in [0.4, 0.5) is 0 Å². The minimum Gasteiger partial charge on any atom is -0.456 e. The van der Waals surface area contributed by atoms with Crippen LogP contribution in [0.2, 0.25) is 0 Å². The Hall–Kier alpha value is -0.340. The van der Waals surface area contributed by atoms with Crippen LogP contribution >= 0.6 is 12.6 Å². The Labute approximate surface area is 92.2 Å². The van der Waals surface area contributed by atoms with Gasteiger partial charge in [-0.2, -0.15) is 0 Å². The molecule has 0 saturated carbocycles. The van der Waals surface area contributed by atoms with Gasteiger partial charge in [0.2, 0.25) is 0 Å². The highest BCUT2D eigenvalue weighted by atomic mass is 32.1. The fraction of sp³-hybridized carbons (Fsp3) is 0.875. The van der Waals surface area contributed by atoms with Gasteiger partial charge in [-0.05, 0) is 0 Å². The van der Waals surface area contributed by atoms with E-state index in [0.717, 1.165) is 0 Å². The van der Waals surface area contributed by atoms with Crippen LogP contribution in [-0.2, 0) is 14.3 Å². The zero-order chi connectivity index (χ0) is 11.6. The molecular formula is C8H14O6S. The van der Waals surface area contributed by atoms with Gasteiger partial charge in [0.05, 0.1) is 6.61 Å². The molecule has 0 aromatic carbocycles. The third kappa shape index (κ3) is 2.82. The molecule has 6 nitrogen and oxygen atoms in total. The van der Waals surface area contributed by atoms with Crippen molar-refractivity contribution in [3.05, 3.63) is 0 Å². The van der Waals surface area contributed by atoms with Gasteiger partial charge in [-0.25, -0.2) is 0 Å². The van der Waals surface area contributed by atoms with Crippen molar-refractivity contribution in [2.45, 2.75) is 36.8 Å². The van der Waals surface area contributed by atoms with Crippen LogP contribution < -0.4 is 0 Å². The minimum absolute atomic E-state index is 0.442.